The SMILES string of the molecule is Nc1cccc(C(=O)c2ccc3c(c2)CN=C3/C=C/c2ccccc2)c1.O=C(c1cccc([N+](=O)[O-])c1)c1ccc2c(c1)CN=C2/C=C/c1ccccc1. The number of nitro groups is 1. The van der Waals surface area contributed by atoms with Crippen LogP contribution in [-0.4, -0.2) is 27.9 Å². The fourth-order valence-corrected chi connectivity index (χ4v) is 6.28. The largest absolute Gasteiger partial charge is 0.399 e. The Morgan fingerprint density at radius 3 is 1.48 bits per heavy atom. The maximum Gasteiger partial charge on any atom is 0.270 e. The van der Waals surface area contributed by atoms with Crippen molar-refractivity contribution >= 4 is 46.5 Å². The molecule has 0 saturated heterocycles. The molecule has 0 saturated carbocycles. The number of allylic oxidation sites excluding steroid dienone is 2. The first kappa shape index (κ1) is 35.1. The van der Waals surface area contributed by atoms with Gasteiger partial charge >= 0.3 is 0 Å². The highest BCUT2D eigenvalue weighted by atomic mass is 16.6. The van der Waals surface area contributed by atoms with Crippen molar-refractivity contribution < 1.29 is 14.5 Å². The normalized spacial score (nSPS) is 12.7. The molecule has 0 amide bonds. The van der Waals surface area contributed by atoms with Crippen molar-refractivity contribution in [2.75, 3.05) is 5.73 Å². The second kappa shape index (κ2) is 15.9. The molecule has 8 rings (SSSR count). The van der Waals surface area contributed by atoms with E-state index in [1.54, 1.807) is 36.4 Å². The van der Waals surface area contributed by atoms with Gasteiger partial charge < -0.3 is 5.73 Å². The van der Waals surface area contributed by atoms with Gasteiger partial charge in [-0.25, -0.2) is 0 Å². The summed E-state index contributed by atoms with van der Waals surface area (Å²) in [5, 5.41) is 10.9. The quantitative estimate of drug-likeness (QED) is 0.0694. The van der Waals surface area contributed by atoms with E-state index in [1.165, 1.54) is 18.2 Å². The number of fused-ring (bicyclic) bond motifs is 2. The van der Waals surface area contributed by atoms with Gasteiger partial charge in [0.1, 0.15) is 0 Å². The molecular weight excluding hydrogens is 673 g/mol. The van der Waals surface area contributed by atoms with Crippen LogP contribution in [0.15, 0.2) is 168 Å². The van der Waals surface area contributed by atoms with Crippen LogP contribution in [0.2, 0.25) is 0 Å². The zero-order chi connectivity index (χ0) is 37.4. The van der Waals surface area contributed by atoms with E-state index in [1.807, 2.05) is 97.1 Å². The average molecular weight is 707 g/mol. The first-order chi connectivity index (χ1) is 26.3. The summed E-state index contributed by atoms with van der Waals surface area (Å²) >= 11 is 0. The van der Waals surface area contributed by atoms with Crippen LogP contribution >= 0.6 is 0 Å². The lowest BCUT2D eigenvalue weighted by Gasteiger charge is -2.05. The minimum Gasteiger partial charge on any atom is -0.399 e. The van der Waals surface area contributed by atoms with Gasteiger partial charge in [0.15, 0.2) is 11.6 Å². The van der Waals surface area contributed by atoms with Crippen LogP contribution in [-0.2, 0) is 13.1 Å². The number of non-ortho nitro benzene ring substituents is 1. The highest BCUT2D eigenvalue weighted by Gasteiger charge is 2.19. The molecule has 2 heterocycles. The predicted molar refractivity (Wildman–Crippen MR) is 215 cm³/mol. The van der Waals surface area contributed by atoms with Gasteiger partial charge in [-0.3, -0.25) is 29.7 Å². The van der Waals surface area contributed by atoms with Crippen LogP contribution in [0.4, 0.5) is 11.4 Å². The minimum absolute atomic E-state index is 0.0200. The van der Waals surface area contributed by atoms with E-state index in [2.05, 4.69) is 28.2 Å². The second-order valence-electron chi connectivity index (χ2n) is 12.7. The Morgan fingerprint density at radius 2 is 1.00 bits per heavy atom. The third kappa shape index (κ3) is 8.09. The molecule has 54 heavy (non-hydrogen) atoms. The summed E-state index contributed by atoms with van der Waals surface area (Å²) in [5.74, 6) is -0.256. The first-order valence-corrected chi connectivity index (χ1v) is 17.3. The number of nitrogen functional groups attached to an aromatic ring is 1. The number of aliphatic imine (C=N–C) groups is 2. The number of carbonyl (C=O) groups is 2. The highest BCUT2D eigenvalue weighted by molar-refractivity contribution is 6.16. The maximum absolute atomic E-state index is 12.7. The number of benzene rings is 6. The zero-order valence-electron chi connectivity index (χ0n) is 29.1. The molecule has 0 aliphatic carbocycles. The van der Waals surface area contributed by atoms with Crippen molar-refractivity contribution in [2.45, 2.75) is 13.1 Å². The standard InChI is InChI=1S/C23H16N2O3.C23H18N2O/c26-23(17-7-4-8-20(14-17)25(27)28)18-10-11-21-19(13-18)15-24-22(21)12-9-16-5-2-1-3-6-16;24-20-8-4-7-17(14-20)23(26)18-10-11-21-19(13-18)15-25-22(21)12-9-16-5-2-1-3-6-16/h1-14H,15H2;1-14H,15,24H2/b2*12-9+. The third-order valence-corrected chi connectivity index (χ3v) is 9.06. The maximum atomic E-state index is 12.7. The van der Waals surface area contributed by atoms with Crippen molar-refractivity contribution in [1.29, 1.82) is 0 Å². The lowest BCUT2D eigenvalue weighted by Crippen LogP contribution is -2.04. The molecule has 0 radical (unpaired) electrons. The number of hydrogen-bond donors (Lipinski definition) is 1. The van der Waals surface area contributed by atoms with Gasteiger partial charge in [0.25, 0.3) is 5.69 Å². The molecule has 8 nitrogen and oxygen atoms in total. The molecule has 0 spiro atoms. The Kier molecular flexibility index (Phi) is 10.3. The fourth-order valence-electron chi connectivity index (χ4n) is 6.28. The van der Waals surface area contributed by atoms with Crippen LogP contribution in [0.1, 0.15) is 65.2 Å². The van der Waals surface area contributed by atoms with E-state index in [0.717, 1.165) is 44.8 Å². The molecule has 8 heteroatoms. The molecule has 262 valence electrons. The molecular formula is C46H34N4O4. The Hall–Kier alpha value is -7.32. The smallest absolute Gasteiger partial charge is 0.270 e. The lowest BCUT2D eigenvalue weighted by atomic mass is 9.97. The molecule has 0 fully saturated rings. The minimum atomic E-state index is -0.501. The summed E-state index contributed by atoms with van der Waals surface area (Å²) in [5.41, 5.74) is 16.6. The summed E-state index contributed by atoms with van der Waals surface area (Å²) in [6.07, 6.45) is 8.07. The molecule has 2 aliphatic heterocycles. The molecule has 0 atom stereocenters. The van der Waals surface area contributed by atoms with Crippen LogP contribution in [0, 0.1) is 10.1 Å². The van der Waals surface area contributed by atoms with Crippen LogP contribution in [0.5, 0.6) is 0 Å². The summed E-state index contributed by atoms with van der Waals surface area (Å²) < 4.78 is 0. The summed E-state index contributed by atoms with van der Waals surface area (Å²) in [7, 11) is 0. The monoisotopic (exact) mass is 706 g/mol. The van der Waals surface area contributed by atoms with Crippen molar-refractivity contribution in [3.05, 3.63) is 223 Å². The number of nitrogens with zero attached hydrogens (tertiary/aromatic N) is 3. The molecule has 0 aromatic heterocycles. The van der Waals surface area contributed by atoms with E-state index in [-0.39, 0.29) is 17.3 Å². The summed E-state index contributed by atoms with van der Waals surface area (Å²) in [6, 6.07) is 44.2. The number of nitro benzene ring substituents is 1. The van der Waals surface area contributed by atoms with Gasteiger partial charge in [-0.1, -0.05) is 121 Å². The van der Waals surface area contributed by atoms with Gasteiger partial charge in [0, 0.05) is 51.2 Å². The van der Waals surface area contributed by atoms with Crippen LogP contribution < -0.4 is 5.73 Å². The molecule has 0 bridgehead atoms. The lowest BCUT2D eigenvalue weighted by molar-refractivity contribution is -0.384. The molecule has 0 unspecified atom stereocenters. The van der Waals surface area contributed by atoms with Crippen molar-refractivity contribution in [2.24, 2.45) is 9.98 Å². The zero-order valence-corrected chi connectivity index (χ0v) is 29.1. The van der Waals surface area contributed by atoms with Gasteiger partial charge in [0.2, 0.25) is 0 Å². The molecule has 2 N–H and O–H groups in total. The number of carbonyl (C=O) groups excluding carboxylic acids is 2. The van der Waals surface area contributed by atoms with Crippen molar-refractivity contribution in [3.8, 4) is 0 Å². The Morgan fingerprint density at radius 1 is 0.537 bits per heavy atom. The van der Waals surface area contributed by atoms with Crippen molar-refractivity contribution in [3.63, 3.8) is 0 Å². The first-order valence-electron chi connectivity index (χ1n) is 17.3. The molecule has 6 aromatic rings. The Balaban J connectivity index is 0.000000167. The number of ketones is 2. The van der Waals surface area contributed by atoms with Crippen LogP contribution in [0.3, 0.4) is 0 Å². The van der Waals surface area contributed by atoms with E-state index in [9.17, 15) is 19.7 Å². The highest BCUT2D eigenvalue weighted by Crippen LogP contribution is 2.25. The molecule has 6 aromatic carbocycles. The van der Waals surface area contributed by atoms with E-state index >= 15 is 0 Å². The van der Waals surface area contributed by atoms with E-state index in [4.69, 9.17) is 5.73 Å². The fraction of sp³-hybridized carbons (Fsp3) is 0.0435. The Labute approximate surface area is 312 Å². The number of hydrogen-bond acceptors (Lipinski definition) is 7. The van der Waals surface area contributed by atoms with Gasteiger partial charge in [-0.2, -0.15) is 0 Å². The van der Waals surface area contributed by atoms with Gasteiger partial charge in [-0.15, -0.1) is 0 Å². The van der Waals surface area contributed by atoms with E-state index in [0.29, 0.717) is 41.0 Å². The Bertz CT molecular complexity index is 2520. The van der Waals surface area contributed by atoms with E-state index < -0.39 is 4.92 Å². The van der Waals surface area contributed by atoms with Crippen molar-refractivity contribution in [1.82, 2.24) is 0 Å². The number of rotatable bonds is 9. The van der Waals surface area contributed by atoms with Crippen LogP contribution in [0.25, 0.3) is 12.2 Å². The topological polar surface area (TPSA) is 128 Å². The number of nitrogens with two attached hydrogens (primary N) is 1. The predicted octanol–water partition coefficient (Wildman–Crippen LogP) is 9.36. The average Bonchev–Trinajstić information content (AvgIpc) is 3.82. The third-order valence-electron chi connectivity index (χ3n) is 9.06. The van der Waals surface area contributed by atoms with Gasteiger partial charge in [0.05, 0.1) is 29.4 Å². The summed E-state index contributed by atoms with van der Waals surface area (Å²) in [4.78, 5) is 45.0. The van der Waals surface area contributed by atoms with Gasteiger partial charge in [-0.05, 0) is 58.7 Å². The summed E-state index contributed by atoms with van der Waals surface area (Å²) in [6.45, 7) is 1.11. The second-order valence-corrected chi connectivity index (χ2v) is 12.7. The number of anilines is 1. The molecule has 2 aliphatic rings.